The number of aromatic nitrogens is 1. The van der Waals surface area contributed by atoms with Gasteiger partial charge in [-0.2, -0.15) is 0 Å². The Bertz CT molecular complexity index is 489. The number of pyridine rings is 1. The number of piperidine rings is 1. The molecule has 126 valence electrons. The normalized spacial score (nSPS) is 19.7. The lowest BCUT2D eigenvalue weighted by Gasteiger charge is -2.33. The molecule has 3 rings (SSSR count). The van der Waals surface area contributed by atoms with Crippen molar-refractivity contribution in [1.82, 2.24) is 15.6 Å². The van der Waals surface area contributed by atoms with E-state index in [9.17, 15) is 0 Å². The standard InChI is InChI=1S/C18H29N5/c1-2-19-18(21-12-8-15-6-7-15)22-16-9-13-23(14-10-16)17-5-3-4-11-20-17/h3-5,11,15-16H,2,6-10,12-14H2,1H3,(H2,19,21,22). The molecule has 2 heterocycles. The molecule has 0 radical (unpaired) electrons. The van der Waals surface area contributed by atoms with Gasteiger partial charge in [0.05, 0.1) is 0 Å². The average Bonchev–Trinajstić information content (AvgIpc) is 3.41. The van der Waals surface area contributed by atoms with E-state index in [2.05, 4.69) is 39.6 Å². The maximum atomic E-state index is 4.73. The Balaban J connectivity index is 1.45. The highest BCUT2D eigenvalue weighted by molar-refractivity contribution is 5.80. The van der Waals surface area contributed by atoms with Crippen molar-refractivity contribution in [2.45, 2.75) is 45.1 Å². The van der Waals surface area contributed by atoms with Crippen molar-refractivity contribution in [3.05, 3.63) is 24.4 Å². The summed E-state index contributed by atoms with van der Waals surface area (Å²) in [5.74, 6) is 3.03. The molecule has 1 saturated carbocycles. The maximum absolute atomic E-state index is 4.73. The van der Waals surface area contributed by atoms with Crippen LogP contribution in [0.4, 0.5) is 5.82 Å². The van der Waals surface area contributed by atoms with Gasteiger partial charge < -0.3 is 15.5 Å². The number of nitrogens with zero attached hydrogens (tertiary/aromatic N) is 3. The molecule has 23 heavy (non-hydrogen) atoms. The van der Waals surface area contributed by atoms with Gasteiger partial charge in [0.1, 0.15) is 5.82 Å². The largest absolute Gasteiger partial charge is 0.357 e. The van der Waals surface area contributed by atoms with E-state index in [4.69, 9.17) is 4.99 Å². The monoisotopic (exact) mass is 315 g/mol. The first-order valence-corrected chi connectivity index (χ1v) is 9.06. The molecule has 0 amide bonds. The van der Waals surface area contributed by atoms with Crippen LogP contribution >= 0.6 is 0 Å². The fourth-order valence-electron chi connectivity index (χ4n) is 3.07. The molecule has 1 saturated heterocycles. The summed E-state index contributed by atoms with van der Waals surface area (Å²) < 4.78 is 0. The van der Waals surface area contributed by atoms with Gasteiger partial charge in [-0.05, 0) is 44.2 Å². The highest BCUT2D eigenvalue weighted by atomic mass is 15.2. The van der Waals surface area contributed by atoms with Crippen LogP contribution in [0.25, 0.3) is 0 Å². The van der Waals surface area contributed by atoms with Crippen LogP contribution in [0.5, 0.6) is 0 Å². The maximum Gasteiger partial charge on any atom is 0.191 e. The molecule has 0 aromatic carbocycles. The minimum Gasteiger partial charge on any atom is -0.357 e. The summed E-state index contributed by atoms with van der Waals surface area (Å²) >= 11 is 0. The third-order valence-corrected chi connectivity index (χ3v) is 4.66. The molecule has 2 aliphatic rings. The predicted octanol–water partition coefficient (Wildman–Crippen LogP) is 2.41. The Labute approximate surface area is 139 Å². The van der Waals surface area contributed by atoms with E-state index >= 15 is 0 Å². The Morgan fingerprint density at radius 3 is 2.74 bits per heavy atom. The summed E-state index contributed by atoms with van der Waals surface area (Å²) in [5, 5.41) is 6.99. The summed E-state index contributed by atoms with van der Waals surface area (Å²) in [6.07, 6.45) is 8.19. The number of anilines is 1. The van der Waals surface area contributed by atoms with E-state index in [1.54, 1.807) is 0 Å². The molecular formula is C18H29N5. The Morgan fingerprint density at radius 1 is 1.26 bits per heavy atom. The molecule has 0 unspecified atom stereocenters. The molecule has 1 aromatic rings. The SMILES string of the molecule is CCNC(=NCCC1CC1)NC1CCN(c2ccccn2)CC1. The van der Waals surface area contributed by atoms with Crippen LogP contribution in [0, 0.1) is 5.92 Å². The second-order valence-corrected chi connectivity index (χ2v) is 6.59. The minimum absolute atomic E-state index is 0.508. The van der Waals surface area contributed by atoms with Crippen LogP contribution in [-0.4, -0.2) is 43.2 Å². The zero-order valence-corrected chi connectivity index (χ0v) is 14.2. The molecule has 0 bridgehead atoms. The van der Waals surface area contributed by atoms with Crippen molar-refractivity contribution in [1.29, 1.82) is 0 Å². The van der Waals surface area contributed by atoms with E-state index in [1.165, 1.54) is 19.3 Å². The van der Waals surface area contributed by atoms with Crippen LogP contribution in [0.3, 0.4) is 0 Å². The Hall–Kier alpha value is -1.78. The Morgan fingerprint density at radius 2 is 2.09 bits per heavy atom. The van der Waals surface area contributed by atoms with Gasteiger partial charge in [-0.1, -0.05) is 18.9 Å². The molecule has 0 spiro atoms. The number of aliphatic imine (C=N–C) groups is 1. The van der Waals surface area contributed by atoms with Crippen LogP contribution < -0.4 is 15.5 Å². The first-order valence-electron chi connectivity index (χ1n) is 9.06. The zero-order valence-electron chi connectivity index (χ0n) is 14.2. The number of rotatable bonds is 6. The second-order valence-electron chi connectivity index (χ2n) is 6.59. The molecule has 2 fully saturated rings. The second kappa shape index (κ2) is 8.18. The molecule has 5 nitrogen and oxygen atoms in total. The fraction of sp³-hybridized carbons (Fsp3) is 0.667. The zero-order chi connectivity index (χ0) is 15.9. The molecule has 1 aromatic heterocycles. The molecule has 1 aliphatic heterocycles. The summed E-state index contributed by atoms with van der Waals surface area (Å²) in [4.78, 5) is 11.6. The predicted molar refractivity (Wildman–Crippen MR) is 95.9 cm³/mol. The van der Waals surface area contributed by atoms with E-state index < -0.39 is 0 Å². The number of nitrogens with one attached hydrogen (secondary N) is 2. The van der Waals surface area contributed by atoms with Crippen LogP contribution in [0.2, 0.25) is 0 Å². The van der Waals surface area contributed by atoms with Crippen LogP contribution in [0.1, 0.15) is 39.0 Å². The highest BCUT2D eigenvalue weighted by Crippen LogP contribution is 2.32. The topological polar surface area (TPSA) is 52.6 Å². The molecule has 1 aliphatic carbocycles. The quantitative estimate of drug-likeness (QED) is 0.625. The van der Waals surface area contributed by atoms with Crippen molar-refractivity contribution in [3.8, 4) is 0 Å². The molecule has 5 heteroatoms. The van der Waals surface area contributed by atoms with Crippen molar-refractivity contribution >= 4 is 11.8 Å². The van der Waals surface area contributed by atoms with E-state index in [1.807, 2.05) is 12.3 Å². The molecule has 2 N–H and O–H groups in total. The van der Waals surface area contributed by atoms with E-state index in [-0.39, 0.29) is 0 Å². The van der Waals surface area contributed by atoms with Crippen molar-refractivity contribution < 1.29 is 0 Å². The van der Waals surface area contributed by atoms with E-state index in [0.29, 0.717) is 6.04 Å². The third-order valence-electron chi connectivity index (χ3n) is 4.66. The lowest BCUT2D eigenvalue weighted by atomic mass is 10.1. The lowest BCUT2D eigenvalue weighted by molar-refractivity contribution is 0.459. The van der Waals surface area contributed by atoms with Gasteiger partial charge in [0.15, 0.2) is 5.96 Å². The molecule has 0 atom stereocenters. The number of guanidine groups is 1. The van der Waals surface area contributed by atoms with Gasteiger partial charge in [0.2, 0.25) is 0 Å². The van der Waals surface area contributed by atoms with E-state index in [0.717, 1.165) is 56.7 Å². The highest BCUT2D eigenvalue weighted by Gasteiger charge is 2.22. The van der Waals surface area contributed by atoms with Gasteiger partial charge in [0, 0.05) is 38.4 Å². The van der Waals surface area contributed by atoms with Crippen molar-refractivity contribution in [2.24, 2.45) is 10.9 Å². The summed E-state index contributed by atoms with van der Waals surface area (Å²) in [5.41, 5.74) is 0. The third kappa shape index (κ3) is 5.12. The Kier molecular flexibility index (Phi) is 5.72. The number of hydrogen-bond donors (Lipinski definition) is 2. The van der Waals surface area contributed by atoms with Crippen LogP contribution in [-0.2, 0) is 0 Å². The average molecular weight is 315 g/mol. The summed E-state index contributed by atoms with van der Waals surface area (Å²) in [7, 11) is 0. The van der Waals surface area contributed by atoms with Gasteiger partial charge in [-0.3, -0.25) is 4.99 Å². The van der Waals surface area contributed by atoms with Crippen molar-refractivity contribution in [2.75, 3.05) is 31.1 Å². The summed E-state index contributed by atoms with van der Waals surface area (Å²) in [6.45, 7) is 6.10. The van der Waals surface area contributed by atoms with Gasteiger partial charge in [0.25, 0.3) is 0 Å². The minimum atomic E-state index is 0.508. The first-order chi connectivity index (χ1) is 11.3. The van der Waals surface area contributed by atoms with Gasteiger partial charge in [-0.25, -0.2) is 4.98 Å². The lowest BCUT2D eigenvalue weighted by Crippen LogP contribution is -2.49. The van der Waals surface area contributed by atoms with Crippen molar-refractivity contribution in [3.63, 3.8) is 0 Å². The van der Waals surface area contributed by atoms with Crippen LogP contribution in [0.15, 0.2) is 29.4 Å². The van der Waals surface area contributed by atoms with Gasteiger partial charge >= 0.3 is 0 Å². The summed E-state index contributed by atoms with van der Waals surface area (Å²) in [6, 6.07) is 6.63. The molecular weight excluding hydrogens is 286 g/mol. The smallest absolute Gasteiger partial charge is 0.191 e. The van der Waals surface area contributed by atoms with Gasteiger partial charge in [-0.15, -0.1) is 0 Å². The first kappa shape index (κ1) is 16.1. The number of hydrogen-bond acceptors (Lipinski definition) is 3. The fourth-order valence-corrected chi connectivity index (χ4v) is 3.07.